The first-order chi connectivity index (χ1) is 12.2. The number of carbonyl (C=O) groups is 1. The quantitative estimate of drug-likeness (QED) is 0.701. The topological polar surface area (TPSA) is 92.6 Å². The Balaban J connectivity index is 1.60. The highest BCUT2D eigenvalue weighted by atomic mass is 79.9. The van der Waals surface area contributed by atoms with Crippen LogP contribution < -0.4 is 5.56 Å². The fourth-order valence-corrected chi connectivity index (χ4v) is 4.30. The third-order valence-electron chi connectivity index (χ3n) is 5.18. The van der Waals surface area contributed by atoms with E-state index in [4.69, 9.17) is 4.74 Å². The molecule has 0 radical (unpaired) electrons. The van der Waals surface area contributed by atoms with Gasteiger partial charge in [-0.1, -0.05) is 0 Å². The molecular formula is C17H22BrN5O3. The number of halogens is 1. The summed E-state index contributed by atoms with van der Waals surface area (Å²) in [6, 6.07) is 0. The molecule has 1 atom stereocenters. The number of ether oxygens (including phenoxy) is 1. The minimum atomic E-state index is -0.506. The highest BCUT2D eigenvalue weighted by molar-refractivity contribution is 9.10. The lowest BCUT2D eigenvalue weighted by atomic mass is 9.72. The van der Waals surface area contributed by atoms with Crippen LogP contribution >= 0.6 is 15.9 Å². The van der Waals surface area contributed by atoms with E-state index in [1.165, 1.54) is 4.52 Å². The average Bonchev–Trinajstić information content (AvgIpc) is 3.11. The summed E-state index contributed by atoms with van der Waals surface area (Å²) < 4.78 is 7.36. The first kappa shape index (κ1) is 17.5. The Bertz CT molecular complexity index is 944. The van der Waals surface area contributed by atoms with E-state index in [1.54, 1.807) is 4.90 Å². The van der Waals surface area contributed by atoms with Crippen molar-refractivity contribution in [3.63, 3.8) is 0 Å². The smallest absolute Gasteiger partial charge is 0.410 e. The number of nitrogens with one attached hydrogen (secondary N) is 1. The molecule has 8 nitrogen and oxygen atoms in total. The second kappa shape index (κ2) is 5.80. The molecule has 9 heteroatoms. The van der Waals surface area contributed by atoms with Crippen molar-refractivity contribution in [2.24, 2.45) is 5.41 Å². The number of H-pyrrole nitrogens is 1. The molecule has 140 valence electrons. The minimum absolute atomic E-state index is 0.0732. The summed E-state index contributed by atoms with van der Waals surface area (Å²) in [6.07, 6.45) is 2.87. The van der Waals surface area contributed by atoms with Gasteiger partial charge in [-0.3, -0.25) is 9.89 Å². The maximum Gasteiger partial charge on any atom is 0.410 e. The van der Waals surface area contributed by atoms with Gasteiger partial charge in [0.2, 0.25) is 0 Å². The average molecular weight is 424 g/mol. The number of hydrogen-bond acceptors (Lipinski definition) is 5. The number of carbonyl (C=O) groups excluding carboxylic acids is 1. The molecule has 1 aliphatic carbocycles. The molecule has 2 aliphatic rings. The van der Waals surface area contributed by atoms with Crippen LogP contribution in [0.2, 0.25) is 0 Å². The Kier molecular flexibility index (Phi) is 3.91. The predicted octanol–water partition coefficient (Wildman–Crippen LogP) is 2.30. The fraction of sp³-hybridized carbons (Fsp3) is 0.647. The Labute approximate surface area is 159 Å². The third-order valence-corrected chi connectivity index (χ3v) is 5.54. The van der Waals surface area contributed by atoms with Gasteiger partial charge in [-0.2, -0.15) is 9.50 Å². The normalized spacial score (nSPS) is 22.8. The molecule has 4 rings (SSSR count). The Morgan fingerprint density at radius 1 is 1.31 bits per heavy atom. The van der Waals surface area contributed by atoms with E-state index in [0.29, 0.717) is 30.0 Å². The second-order valence-electron chi connectivity index (χ2n) is 8.32. The van der Waals surface area contributed by atoms with Crippen molar-refractivity contribution in [3.05, 3.63) is 26.3 Å². The summed E-state index contributed by atoms with van der Waals surface area (Å²) in [5.74, 6) is 0.387. The molecule has 1 saturated heterocycles. The first-order valence-electron chi connectivity index (χ1n) is 8.80. The van der Waals surface area contributed by atoms with E-state index in [0.717, 1.165) is 30.5 Å². The molecule has 1 spiro atoms. The van der Waals surface area contributed by atoms with Crippen LogP contribution in [0.5, 0.6) is 0 Å². The van der Waals surface area contributed by atoms with Crippen molar-refractivity contribution in [3.8, 4) is 0 Å². The van der Waals surface area contributed by atoms with Gasteiger partial charge in [-0.25, -0.2) is 9.78 Å². The van der Waals surface area contributed by atoms with Crippen LogP contribution in [0.15, 0.2) is 9.53 Å². The number of aromatic nitrogens is 4. The van der Waals surface area contributed by atoms with Crippen molar-refractivity contribution >= 4 is 27.8 Å². The van der Waals surface area contributed by atoms with Crippen LogP contribution in [-0.2, 0) is 17.6 Å². The number of fused-ring (bicyclic) bond motifs is 2. The van der Waals surface area contributed by atoms with Gasteiger partial charge in [0, 0.05) is 18.7 Å². The summed E-state index contributed by atoms with van der Waals surface area (Å²) in [6.45, 7) is 6.89. The van der Waals surface area contributed by atoms with Gasteiger partial charge in [-0.15, -0.1) is 0 Å². The van der Waals surface area contributed by atoms with Gasteiger partial charge < -0.3 is 9.64 Å². The van der Waals surface area contributed by atoms with Gasteiger partial charge in [0.05, 0.1) is 5.69 Å². The SMILES string of the molecule is CC(C)(C)OC(=O)N1CCC2(CCc3nc4nc(Br)[nH]n4c(=O)c3C2)C1. The summed E-state index contributed by atoms with van der Waals surface area (Å²) in [7, 11) is 0. The standard InChI is InChI=1S/C17H22BrN5O3/c1-16(2,3)26-15(25)22-7-6-17(9-22)5-4-11-10(8-17)12(24)23-14(19-11)20-13(18)21-23/h4-9H2,1-3H3,(H,19,20,21). The molecule has 1 aliphatic heterocycles. The van der Waals surface area contributed by atoms with E-state index in [1.807, 2.05) is 20.8 Å². The van der Waals surface area contributed by atoms with Gasteiger partial charge in [-0.05, 0) is 67.8 Å². The van der Waals surface area contributed by atoms with Crippen molar-refractivity contribution in [2.45, 2.75) is 52.1 Å². The van der Waals surface area contributed by atoms with E-state index in [2.05, 4.69) is 31.0 Å². The molecule has 0 saturated carbocycles. The third kappa shape index (κ3) is 3.02. The van der Waals surface area contributed by atoms with E-state index in [-0.39, 0.29) is 17.1 Å². The van der Waals surface area contributed by atoms with Crippen LogP contribution in [-0.4, -0.2) is 49.3 Å². The summed E-state index contributed by atoms with van der Waals surface area (Å²) >= 11 is 3.25. The van der Waals surface area contributed by atoms with Crippen molar-refractivity contribution < 1.29 is 9.53 Å². The monoisotopic (exact) mass is 423 g/mol. The number of aromatic amines is 1. The van der Waals surface area contributed by atoms with E-state index < -0.39 is 5.60 Å². The Morgan fingerprint density at radius 2 is 2.08 bits per heavy atom. The second-order valence-corrected chi connectivity index (χ2v) is 9.07. The van der Waals surface area contributed by atoms with Gasteiger partial charge in [0.15, 0.2) is 4.73 Å². The number of nitrogens with zero attached hydrogens (tertiary/aromatic N) is 4. The highest BCUT2D eigenvalue weighted by Gasteiger charge is 2.44. The number of rotatable bonds is 0. The zero-order chi connectivity index (χ0) is 18.7. The van der Waals surface area contributed by atoms with Crippen LogP contribution in [0, 0.1) is 5.41 Å². The zero-order valence-corrected chi connectivity index (χ0v) is 16.7. The lowest BCUT2D eigenvalue weighted by Crippen LogP contribution is -2.40. The zero-order valence-electron chi connectivity index (χ0n) is 15.1. The number of aryl methyl sites for hydroxylation is 1. The van der Waals surface area contributed by atoms with Crippen molar-refractivity contribution in [2.75, 3.05) is 13.1 Å². The predicted molar refractivity (Wildman–Crippen MR) is 98.2 cm³/mol. The summed E-state index contributed by atoms with van der Waals surface area (Å²) in [5, 5.41) is 2.87. The van der Waals surface area contributed by atoms with Crippen LogP contribution in [0.25, 0.3) is 5.78 Å². The Morgan fingerprint density at radius 3 is 2.81 bits per heavy atom. The number of likely N-dealkylation sites (tertiary alicyclic amines) is 1. The molecule has 1 amide bonds. The van der Waals surface area contributed by atoms with Gasteiger partial charge >= 0.3 is 6.09 Å². The van der Waals surface area contributed by atoms with Crippen molar-refractivity contribution in [1.82, 2.24) is 24.5 Å². The molecule has 26 heavy (non-hydrogen) atoms. The molecule has 2 aromatic heterocycles. The molecule has 3 heterocycles. The fourth-order valence-electron chi connectivity index (χ4n) is 3.97. The van der Waals surface area contributed by atoms with Crippen molar-refractivity contribution in [1.29, 1.82) is 0 Å². The van der Waals surface area contributed by atoms with Crippen LogP contribution in [0.4, 0.5) is 4.79 Å². The van der Waals surface area contributed by atoms with E-state index in [9.17, 15) is 9.59 Å². The van der Waals surface area contributed by atoms with E-state index >= 15 is 0 Å². The maximum absolute atomic E-state index is 12.9. The molecule has 0 bridgehead atoms. The summed E-state index contributed by atoms with van der Waals surface area (Å²) in [5.41, 5.74) is 0.884. The highest BCUT2D eigenvalue weighted by Crippen LogP contribution is 2.41. The van der Waals surface area contributed by atoms with Gasteiger partial charge in [0.1, 0.15) is 5.60 Å². The van der Waals surface area contributed by atoms with Gasteiger partial charge in [0.25, 0.3) is 11.3 Å². The molecule has 0 aromatic carbocycles. The summed E-state index contributed by atoms with van der Waals surface area (Å²) in [4.78, 5) is 35.7. The minimum Gasteiger partial charge on any atom is -0.444 e. The van der Waals surface area contributed by atoms with Crippen LogP contribution in [0.1, 0.15) is 44.9 Å². The lowest BCUT2D eigenvalue weighted by Gasteiger charge is -2.33. The number of amides is 1. The lowest BCUT2D eigenvalue weighted by molar-refractivity contribution is 0.0269. The maximum atomic E-state index is 12.9. The molecule has 1 fully saturated rings. The number of hydrogen-bond donors (Lipinski definition) is 1. The Hall–Kier alpha value is -1.90. The molecule has 2 aromatic rings. The largest absolute Gasteiger partial charge is 0.444 e. The van der Waals surface area contributed by atoms with Crippen LogP contribution in [0.3, 0.4) is 0 Å². The molecular weight excluding hydrogens is 402 g/mol. The molecule has 1 N–H and O–H groups in total. The first-order valence-corrected chi connectivity index (χ1v) is 9.59. The molecule has 1 unspecified atom stereocenters.